The van der Waals surface area contributed by atoms with Crippen molar-refractivity contribution in [3.8, 4) is 6.07 Å². The molecule has 0 heterocycles. The Hall–Kier alpha value is -1.67. The van der Waals surface area contributed by atoms with Crippen LogP contribution in [0, 0.1) is 11.3 Å². The molecule has 1 rings (SSSR count). The molecule has 0 saturated heterocycles. The van der Waals surface area contributed by atoms with Crippen LogP contribution in [0.25, 0.3) is 0 Å². The molecule has 1 aromatic carbocycles. The van der Waals surface area contributed by atoms with Gasteiger partial charge in [-0.25, -0.2) is 8.42 Å². The summed E-state index contributed by atoms with van der Waals surface area (Å²) in [6.45, 7) is 0. The second-order valence-electron chi connectivity index (χ2n) is 2.58. The monoisotopic (exact) mass is 209 g/mol. The Morgan fingerprint density at radius 1 is 1.29 bits per heavy atom. The quantitative estimate of drug-likeness (QED) is 0.680. The molecule has 0 aromatic heterocycles. The van der Waals surface area contributed by atoms with Crippen LogP contribution in [0.3, 0.4) is 0 Å². The lowest BCUT2D eigenvalue weighted by Gasteiger charge is -1.99. The summed E-state index contributed by atoms with van der Waals surface area (Å²) < 4.78 is 22.6. The Kier molecular flexibility index (Phi) is 2.99. The summed E-state index contributed by atoms with van der Waals surface area (Å²) in [6.07, 6.45) is 0.341. The van der Waals surface area contributed by atoms with Gasteiger partial charge in [0.1, 0.15) is 12.0 Å². The molecule has 0 atom stereocenters. The number of carbonyl (C=O) groups excluding carboxylic acids is 1. The van der Waals surface area contributed by atoms with Gasteiger partial charge < -0.3 is 4.79 Å². The van der Waals surface area contributed by atoms with Gasteiger partial charge in [-0.1, -0.05) is 0 Å². The van der Waals surface area contributed by atoms with Crippen molar-refractivity contribution in [1.82, 2.24) is 0 Å². The first-order valence-corrected chi connectivity index (χ1v) is 5.42. The normalized spacial score (nSPS) is 10.5. The van der Waals surface area contributed by atoms with Crippen molar-refractivity contribution in [3.63, 3.8) is 0 Å². The highest BCUT2D eigenvalue weighted by Crippen LogP contribution is 2.11. The van der Waals surface area contributed by atoms with Gasteiger partial charge in [-0.3, -0.25) is 0 Å². The molecule has 14 heavy (non-hydrogen) atoms. The maximum Gasteiger partial charge on any atom is 0.185 e. The molecule has 0 fully saturated rings. The van der Waals surface area contributed by atoms with Gasteiger partial charge in [-0.05, 0) is 24.3 Å². The lowest BCUT2D eigenvalue weighted by atomic mass is 10.2. The van der Waals surface area contributed by atoms with Crippen LogP contribution in [0.2, 0.25) is 0 Å². The fraction of sp³-hybridized carbons (Fsp3) is 0.111. The molecule has 0 unspecified atom stereocenters. The minimum Gasteiger partial charge on any atom is -0.302 e. The predicted octanol–water partition coefficient (Wildman–Crippen LogP) is 0.531. The summed E-state index contributed by atoms with van der Waals surface area (Å²) >= 11 is 0. The molecule has 72 valence electrons. The number of hydrogen-bond donors (Lipinski definition) is 0. The van der Waals surface area contributed by atoms with E-state index < -0.39 is 15.6 Å². The van der Waals surface area contributed by atoms with Crippen LogP contribution in [-0.2, 0) is 14.6 Å². The second kappa shape index (κ2) is 4.03. The molecular weight excluding hydrogens is 202 g/mol. The van der Waals surface area contributed by atoms with E-state index in [-0.39, 0.29) is 4.90 Å². The van der Waals surface area contributed by atoms with E-state index in [1.54, 1.807) is 0 Å². The van der Waals surface area contributed by atoms with E-state index in [9.17, 15) is 13.2 Å². The Balaban J connectivity index is 3.11. The summed E-state index contributed by atoms with van der Waals surface area (Å²) in [5, 5.41) is 8.48. The number of nitriles is 1. The topological polar surface area (TPSA) is 75.0 Å². The van der Waals surface area contributed by atoms with Gasteiger partial charge in [0.2, 0.25) is 0 Å². The standard InChI is InChI=1S/C9H7NO3S/c10-7-8-1-3-9(4-2-8)14(12,13)6-5-11/h1-5H,6H2. The average Bonchev–Trinajstić information content (AvgIpc) is 2.18. The number of carbonyl (C=O) groups is 1. The van der Waals surface area contributed by atoms with Crippen molar-refractivity contribution >= 4 is 16.1 Å². The molecular formula is C9H7NO3S. The molecule has 1 aromatic rings. The van der Waals surface area contributed by atoms with Crippen LogP contribution >= 0.6 is 0 Å². The molecule has 0 saturated carbocycles. The highest BCUT2D eigenvalue weighted by Gasteiger charge is 2.12. The third kappa shape index (κ3) is 2.18. The van der Waals surface area contributed by atoms with Crippen molar-refractivity contribution in [2.24, 2.45) is 0 Å². The smallest absolute Gasteiger partial charge is 0.185 e. The minimum atomic E-state index is -3.51. The molecule has 0 aliphatic rings. The van der Waals surface area contributed by atoms with Crippen molar-refractivity contribution in [3.05, 3.63) is 29.8 Å². The van der Waals surface area contributed by atoms with Crippen molar-refractivity contribution in [2.45, 2.75) is 4.90 Å². The van der Waals surface area contributed by atoms with Crippen LogP contribution in [0.1, 0.15) is 5.56 Å². The Morgan fingerprint density at radius 3 is 2.29 bits per heavy atom. The highest BCUT2D eigenvalue weighted by molar-refractivity contribution is 7.92. The lowest BCUT2D eigenvalue weighted by Crippen LogP contribution is -2.07. The van der Waals surface area contributed by atoms with E-state index in [1.165, 1.54) is 24.3 Å². The van der Waals surface area contributed by atoms with Crippen molar-refractivity contribution in [1.29, 1.82) is 5.26 Å². The van der Waals surface area contributed by atoms with E-state index in [0.29, 0.717) is 11.8 Å². The predicted molar refractivity (Wildman–Crippen MR) is 49.3 cm³/mol. The lowest BCUT2D eigenvalue weighted by molar-refractivity contribution is -0.105. The molecule has 0 N–H and O–H groups in total. The first kappa shape index (κ1) is 10.4. The SMILES string of the molecule is N#Cc1ccc(S(=O)(=O)CC=O)cc1. The number of rotatable bonds is 3. The minimum absolute atomic E-state index is 0.0589. The molecule has 0 amide bonds. The summed E-state index contributed by atoms with van der Waals surface area (Å²) in [5.74, 6) is -0.529. The third-order valence-electron chi connectivity index (χ3n) is 1.63. The largest absolute Gasteiger partial charge is 0.302 e. The van der Waals surface area contributed by atoms with Gasteiger partial charge >= 0.3 is 0 Å². The fourth-order valence-electron chi connectivity index (χ4n) is 0.923. The molecule has 0 bridgehead atoms. The van der Waals surface area contributed by atoms with Crippen LogP contribution < -0.4 is 0 Å². The van der Waals surface area contributed by atoms with E-state index in [2.05, 4.69) is 0 Å². The third-order valence-corrected chi connectivity index (χ3v) is 3.20. The Morgan fingerprint density at radius 2 is 1.86 bits per heavy atom. The summed E-state index contributed by atoms with van der Waals surface area (Å²) in [4.78, 5) is 10.1. The summed E-state index contributed by atoms with van der Waals surface area (Å²) in [6, 6.07) is 7.31. The Bertz CT molecular complexity index is 468. The number of benzene rings is 1. The van der Waals surface area contributed by atoms with Gasteiger partial charge in [0.25, 0.3) is 0 Å². The maximum absolute atomic E-state index is 11.3. The van der Waals surface area contributed by atoms with Gasteiger partial charge in [0, 0.05) is 0 Å². The van der Waals surface area contributed by atoms with E-state index >= 15 is 0 Å². The molecule has 0 aliphatic heterocycles. The number of aldehydes is 1. The fourth-order valence-corrected chi connectivity index (χ4v) is 1.84. The molecule has 4 nitrogen and oxygen atoms in total. The van der Waals surface area contributed by atoms with Crippen LogP contribution in [-0.4, -0.2) is 20.5 Å². The number of sulfone groups is 1. The van der Waals surface area contributed by atoms with Crippen molar-refractivity contribution in [2.75, 3.05) is 5.75 Å². The first-order chi connectivity index (χ1) is 6.60. The Labute approximate surface area is 81.7 Å². The maximum atomic E-state index is 11.3. The van der Waals surface area contributed by atoms with E-state index in [1.807, 2.05) is 6.07 Å². The van der Waals surface area contributed by atoms with Gasteiger partial charge in [-0.2, -0.15) is 5.26 Å². The van der Waals surface area contributed by atoms with E-state index in [4.69, 9.17) is 5.26 Å². The molecule has 0 radical (unpaired) electrons. The summed E-state index contributed by atoms with van der Waals surface area (Å²) in [5.41, 5.74) is 0.384. The first-order valence-electron chi connectivity index (χ1n) is 3.77. The van der Waals surface area contributed by atoms with Crippen molar-refractivity contribution < 1.29 is 13.2 Å². The van der Waals surface area contributed by atoms with Crippen LogP contribution in [0.4, 0.5) is 0 Å². The van der Waals surface area contributed by atoms with E-state index in [0.717, 1.165) is 0 Å². The van der Waals surface area contributed by atoms with Gasteiger partial charge in [-0.15, -0.1) is 0 Å². The van der Waals surface area contributed by atoms with Crippen LogP contribution in [0.5, 0.6) is 0 Å². The van der Waals surface area contributed by atoms with Gasteiger partial charge in [0.15, 0.2) is 9.84 Å². The van der Waals surface area contributed by atoms with Gasteiger partial charge in [0.05, 0.1) is 16.5 Å². The van der Waals surface area contributed by atoms with Crippen LogP contribution in [0.15, 0.2) is 29.2 Å². The number of nitrogens with zero attached hydrogens (tertiary/aromatic N) is 1. The zero-order chi connectivity index (χ0) is 10.6. The summed E-state index contributed by atoms with van der Waals surface area (Å²) in [7, 11) is -3.51. The average molecular weight is 209 g/mol. The molecule has 0 aliphatic carbocycles. The zero-order valence-electron chi connectivity index (χ0n) is 7.17. The second-order valence-corrected chi connectivity index (χ2v) is 4.62. The molecule has 0 spiro atoms. The zero-order valence-corrected chi connectivity index (χ0v) is 7.99. The molecule has 5 heteroatoms. The highest BCUT2D eigenvalue weighted by atomic mass is 32.2. The number of hydrogen-bond acceptors (Lipinski definition) is 4.